The molecule has 7 heteroatoms. The van der Waals surface area contributed by atoms with Crippen molar-refractivity contribution in [2.45, 2.75) is 13.2 Å². The lowest BCUT2D eigenvalue weighted by Crippen LogP contribution is -2.21. The fourth-order valence-electron chi connectivity index (χ4n) is 1.70. The molecule has 0 amide bonds. The minimum Gasteiger partial charge on any atom is -0.493 e. The molecule has 0 radical (unpaired) electrons. The van der Waals surface area contributed by atoms with Crippen molar-refractivity contribution < 1.29 is 27.7 Å². The molecule has 0 aliphatic rings. The van der Waals surface area contributed by atoms with Crippen molar-refractivity contribution in [3.05, 3.63) is 23.8 Å². The van der Waals surface area contributed by atoms with E-state index in [1.807, 2.05) is 0 Å². The van der Waals surface area contributed by atoms with Crippen LogP contribution >= 0.6 is 0 Å². The second-order valence-electron chi connectivity index (χ2n) is 4.11. The monoisotopic (exact) mass is 305 g/mol. The highest BCUT2D eigenvalue weighted by molar-refractivity contribution is 5.46. The smallest absolute Gasteiger partial charge is 0.387 e. The number of hydrogen-bond donors (Lipinski definition) is 1. The highest BCUT2D eigenvalue weighted by Crippen LogP contribution is 2.32. The second-order valence-corrected chi connectivity index (χ2v) is 4.11. The lowest BCUT2D eigenvalue weighted by atomic mass is 10.2. The summed E-state index contributed by atoms with van der Waals surface area (Å²) in [6.07, 6.45) is 0. The van der Waals surface area contributed by atoms with E-state index in [4.69, 9.17) is 14.2 Å². The maximum atomic E-state index is 12.4. The molecule has 1 rings (SSSR count). The van der Waals surface area contributed by atoms with E-state index in [0.717, 1.165) is 0 Å². The molecule has 0 aromatic heterocycles. The Balaban J connectivity index is 2.46. The number of para-hydroxylation sites is 1. The van der Waals surface area contributed by atoms with Gasteiger partial charge in [0, 0.05) is 25.8 Å². The molecule has 5 nitrogen and oxygen atoms in total. The normalized spacial score (nSPS) is 10.9. The third-order valence-electron chi connectivity index (χ3n) is 2.66. The molecule has 120 valence electrons. The van der Waals surface area contributed by atoms with Crippen molar-refractivity contribution >= 4 is 0 Å². The zero-order valence-electron chi connectivity index (χ0n) is 12.2. The van der Waals surface area contributed by atoms with Crippen molar-refractivity contribution in [2.24, 2.45) is 0 Å². The average Bonchev–Trinajstić information content (AvgIpc) is 2.47. The molecule has 1 aromatic rings. The Hall–Kier alpha value is -1.44. The van der Waals surface area contributed by atoms with Crippen molar-refractivity contribution in [3.8, 4) is 11.5 Å². The van der Waals surface area contributed by atoms with Crippen LogP contribution in [0.25, 0.3) is 0 Å². The van der Waals surface area contributed by atoms with Gasteiger partial charge in [-0.05, 0) is 6.07 Å². The first-order chi connectivity index (χ1) is 10.2. The largest absolute Gasteiger partial charge is 0.493 e. The van der Waals surface area contributed by atoms with E-state index in [-0.39, 0.29) is 11.5 Å². The molecule has 1 aromatic carbocycles. The maximum absolute atomic E-state index is 12.4. The molecule has 0 aliphatic carbocycles. The van der Waals surface area contributed by atoms with Crippen molar-refractivity contribution in [2.75, 3.05) is 40.6 Å². The first-order valence-electron chi connectivity index (χ1n) is 6.57. The molecule has 1 N–H and O–H groups in total. The number of ether oxygens (including phenoxy) is 4. The van der Waals surface area contributed by atoms with Crippen molar-refractivity contribution in [1.29, 1.82) is 0 Å². The van der Waals surface area contributed by atoms with E-state index in [0.29, 0.717) is 38.5 Å². The fourth-order valence-corrected chi connectivity index (χ4v) is 1.70. The SMILES string of the molecule is COCCOCCNCc1cccc(OC)c1OC(F)F. The van der Waals surface area contributed by atoms with Gasteiger partial charge in [0.05, 0.1) is 26.9 Å². The van der Waals surface area contributed by atoms with Gasteiger partial charge in [-0.1, -0.05) is 12.1 Å². The van der Waals surface area contributed by atoms with E-state index >= 15 is 0 Å². The molecule has 0 heterocycles. The summed E-state index contributed by atoms with van der Waals surface area (Å²) in [7, 11) is 3.02. The van der Waals surface area contributed by atoms with E-state index in [1.54, 1.807) is 25.3 Å². The third-order valence-corrected chi connectivity index (χ3v) is 2.66. The van der Waals surface area contributed by atoms with Crippen molar-refractivity contribution in [3.63, 3.8) is 0 Å². The molecular formula is C14H21F2NO4. The third kappa shape index (κ3) is 6.70. The Morgan fingerprint density at radius 2 is 1.95 bits per heavy atom. The number of benzene rings is 1. The summed E-state index contributed by atoms with van der Waals surface area (Å²) >= 11 is 0. The fraction of sp³-hybridized carbons (Fsp3) is 0.571. The summed E-state index contributed by atoms with van der Waals surface area (Å²) in [5.41, 5.74) is 0.603. The summed E-state index contributed by atoms with van der Waals surface area (Å²) in [5.74, 6) is 0.341. The van der Waals surface area contributed by atoms with Crippen LogP contribution in [0.1, 0.15) is 5.56 Å². The second kappa shape index (κ2) is 10.3. The van der Waals surface area contributed by atoms with Gasteiger partial charge in [0.1, 0.15) is 0 Å². The Morgan fingerprint density at radius 1 is 1.14 bits per heavy atom. The van der Waals surface area contributed by atoms with Crippen LogP contribution in [-0.4, -0.2) is 47.2 Å². The minimum atomic E-state index is -2.89. The zero-order valence-corrected chi connectivity index (χ0v) is 12.2. The summed E-state index contributed by atoms with van der Waals surface area (Å²) in [4.78, 5) is 0. The Morgan fingerprint density at radius 3 is 2.62 bits per heavy atom. The summed E-state index contributed by atoms with van der Waals surface area (Å²) in [5, 5.41) is 3.10. The van der Waals surface area contributed by atoms with Crippen LogP contribution in [0.15, 0.2) is 18.2 Å². The summed E-state index contributed by atoms with van der Waals surface area (Å²) in [6.45, 7) is -0.336. The number of methoxy groups -OCH3 is 2. The molecule has 0 spiro atoms. The average molecular weight is 305 g/mol. The van der Waals surface area contributed by atoms with E-state index in [1.165, 1.54) is 7.11 Å². The first kappa shape index (κ1) is 17.6. The molecule has 21 heavy (non-hydrogen) atoms. The van der Waals surface area contributed by atoms with Crippen LogP contribution in [0.3, 0.4) is 0 Å². The van der Waals surface area contributed by atoms with Crippen molar-refractivity contribution in [1.82, 2.24) is 5.32 Å². The van der Waals surface area contributed by atoms with Crippen LogP contribution in [0.4, 0.5) is 8.78 Å². The summed E-state index contributed by atoms with van der Waals surface area (Å²) < 4.78 is 44.6. The van der Waals surface area contributed by atoms with Crippen LogP contribution in [0, 0.1) is 0 Å². The van der Waals surface area contributed by atoms with Gasteiger partial charge in [0.15, 0.2) is 11.5 Å². The van der Waals surface area contributed by atoms with Gasteiger partial charge in [-0.15, -0.1) is 0 Å². The van der Waals surface area contributed by atoms with Gasteiger partial charge < -0.3 is 24.3 Å². The quantitative estimate of drug-likeness (QED) is 0.634. The lowest BCUT2D eigenvalue weighted by molar-refractivity contribution is -0.0518. The van der Waals surface area contributed by atoms with Crippen LogP contribution < -0.4 is 14.8 Å². The topological polar surface area (TPSA) is 49.0 Å². The lowest BCUT2D eigenvalue weighted by Gasteiger charge is -2.14. The summed E-state index contributed by atoms with van der Waals surface area (Å²) in [6, 6.07) is 5.01. The Bertz CT molecular complexity index is 405. The predicted molar refractivity (Wildman–Crippen MR) is 74.0 cm³/mol. The van der Waals surface area contributed by atoms with E-state index in [2.05, 4.69) is 10.1 Å². The van der Waals surface area contributed by atoms with Gasteiger partial charge in [-0.3, -0.25) is 0 Å². The number of alkyl halides is 2. The maximum Gasteiger partial charge on any atom is 0.387 e. The first-order valence-corrected chi connectivity index (χ1v) is 6.57. The van der Waals surface area contributed by atoms with Crippen LogP contribution in [0.2, 0.25) is 0 Å². The van der Waals surface area contributed by atoms with Crippen LogP contribution in [0.5, 0.6) is 11.5 Å². The highest BCUT2D eigenvalue weighted by atomic mass is 19.3. The molecule has 0 bridgehead atoms. The molecule has 0 unspecified atom stereocenters. The Kier molecular flexibility index (Phi) is 8.65. The number of rotatable bonds is 11. The van der Waals surface area contributed by atoms with E-state index < -0.39 is 6.61 Å². The number of nitrogens with one attached hydrogen (secondary N) is 1. The zero-order chi connectivity index (χ0) is 15.5. The van der Waals surface area contributed by atoms with E-state index in [9.17, 15) is 8.78 Å². The molecule has 0 saturated heterocycles. The highest BCUT2D eigenvalue weighted by Gasteiger charge is 2.14. The molecule has 0 aliphatic heterocycles. The minimum absolute atomic E-state index is 0.0581. The number of hydrogen-bond acceptors (Lipinski definition) is 5. The molecule has 0 saturated carbocycles. The van der Waals surface area contributed by atoms with Gasteiger partial charge in [-0.25, -0.2) is 0 Å². The number of halogens is 2. The molecular weight excluding hydrogens is 284 g/mol. The van der Waals surface area contributed by atoms with Crippen LogP contribution in [-0.2, 0) is 16.0 Å². The van der Waals surface area contributed by atoms with Gasteiger partial charge in [-0.2, -0.15) is 8.78 Å². The molecule has 0 fully saturated rings. The molecule has 0 atom stereocenters. The van der Waals surface area contributed by atoms with Gasteiger partial charge in [0.25, 0.3) is 0 Å². The predicted octanol–water partition coefficient (Wildman–Crippen LogP) is 2.05. The van der Waals surface area contributed by atoms with Gasteiger partial charge in [0.2, 0.25) is 0 Å². The standard InChI is InChI=1S/C14H21F2NO4/c1-18-8-9-20-7-6-17-10-11-4-3-5-12(19-2)13(11)21-14(15)16/h3-5,14,17H,6-10H2,1-2H3. The van der Waals surface area contributed by atoms with Gasteiger partial charge >= 0.3 is 6.61 Å². The Labute approximate surface area is 123 Å².